The number of nitrogens with zero attached hydrogens (tertiary/aromatic N) is 1. The summed E-state index contributed by atoms with van der Waals surface area (Å²) in [6, 6.07) is 9.74. The molecule has 0 amide bonds. The number of benzene rings is 2. The molecule has 0 heterocycles. The first-order chi connectivity index (χ1) is 9.60. The van der Waals surface area contributed by atoms with E-state index in [1.165, 1.54) is 12.1 Å². The zero-order valence-corrected chi connectivity index (χ0v) is 13.7. The van der Waals surface area contributed by atoms with Crippen molar-refractivity contribution in [3.05, 3.63) is 56.7 Å². The van der Waals surface area contributed by atoms with E-state index in [1.807, 2.05) is 12.1 Å². The maximum Gasteiger partial charge on any atom is 0.141 e. The van der Waals surface area contributed by atoms with Crippen LogP contribution in [0, 0.1) is 5.82 Å². The Bertz CT molecular complexity index is 630. The van der Waals surface area contributed by atoms with Crippen LogP contribution in [0.15, 0.2) is 50.4 Å². The van der Waals surface area contributed by atoms with E-state index < -0.39 is 0 Å². The van der Waals surface area contributed by atoms with Gasteiger partial charge in [0.15, 0.2) is 0 Å². The average molecular weight is 402 g/mol. The molecule has 1 N–H and O–H groups in total. The molecular weight excluding hydrogens is 391 g/mol. The molecule has 0 saturated carbocycles. The zero-order chi connectivity index (χ0) is 14.5. The molecule has 0 bridgehead atoms. The van der Waals surface area contributed by atoms with Gasteiger partial charge in [-0.05, 0) is 52.3 Å². The quantitative estimate of drug-likeness (QED) is 0.589. The van der Waals surface area contributed by atoms with E-state index >= 15 is 0 Å². The number of halogens is 3. The van der Waals surface area contributed by atoms with Crippen molar-refractivity contribution in [2.24, 2.45) is 5.10 Å². The monoisotopic (exact) mass is 400 g/mol. The number of hydrogen-bond acceptors (Lipinski definition) is 3. The lowest BCUT2D eigenvalue weighted by Crippen LogP contribution is -1.95. The van der Waals surface area contributed by atoms with Gasteiger partial charge < -0.3 is 4.74 Å². The van der Waals surface area contributed by atoms with Crippen LogP contribution in [0.1, 0.15) is 5.56 Å². The molecule has 0 spiro atoms. The Hall–Kier alpha value is -1.40. The highest BCUT2D eigenvalue weighted by Crippen LogP contribution is 2.31. The van der Waals surface area contributed by atoms with E-state index in [2.05, 4.69) is 42.4 Å². The van der Waals surface area contributed by atoms with Crippen LogP contribution in [0.4, 0.5) is 10.1 Å². The van der Waals surface area contributed by atoms with Crippen LogP contribution < -0.4 is 10.2 Å². The van der Waals surface area contributed by atoms with Gasteiger partial charge in [0.2, 0.25) is 0 Å². The highest BCUT2D eigenvalue weighted by atomic mass is 79.9. The molecule has 6 heteroatoms. The highest BCUT2D eigenvalue weighted by molar-refractivity contribution is 9.11. The highest BCUT2D eigenvalue weighted by Gasteiger charge is 2.07. The lowest BCUT2D eigenvalue weighted by Gasteiger charge is -2.08. The minimum atomic E-state index is -0.280. The van der Waals surface area contributed by atoms with Gasteiger partial charge in [-0.25, -0.2) is 4.39 Å². The van der Waals surface area contributed by atoms with Gasteiger partial charge in [-0.3, -0.25) is 5.43 Å². The van der Waals surface area contributed by atoms with E-state index in [1.54, 1.807) is 25.5 Å². The van der Waals surface area contributed by atoms with Crippen molar-refractivity contribution in [1.82, 2.24) is 0 Å². The maximum absolute atomic E-state index is 12.8. The van der Waals surface area contributed by atoms with Crippen LogP contribution in [0.2, 0.25) is 0 Å². The molecule has 0 aliphatic rings. The molecule has 0 unspecified atom stereocenters. The normalized spacial score (nSPS) is 10.8. The van der Waals surface area contributed by atoms with E-state index in [-0.39, 0.29) is 5.82 Å². The summed E-state index contributed by atoms with van der Waals surface area (Å²) in [4.78, 5) is 0. The van der Waals surface area contributed by atoms with Crippen LogP contribution in [0.25, 0.3) is 0 Å². The van der Waals surface area contributed by atoms with Crippen molar-refractivity contribution in [3.8, 4) is 5.75 Å². The van der Waals surface area contributed by atoms with Gasteiger partial charge in [-0.15, -0.1) is 0 Å². The minimum Gasteiger partial charge on any atom is -0.495 e. The Labute approximate surface area is 133 Å². The SMILES string of the molecule is COc1c(Br)cc(Br)cc1/C=N/Nc1ccc(F)cc1. The lowest BCUT2D eigenvalue weighted by atomic mass is 10.2. The fourth-order valence-corrected chi connectivity index (χ4v) is 3.01. The van der Waals surface area contributed by atoms with Gasteiger partial charge in [0.25, 0.3) is 0 Å². The Balaban J connectivity index is 2.17. The molecule has 0 aromatic heterocycles. The largest absolute Gasteiger partial charge is 0.495 e. The number of hydrogen-bond donors (Lipinski definition) is 1. The van der Waals surface area contributed by atoms with E-state index in [4.69, 9.17) is 4.74 Å². The predicted octanol–water partition coefficient (Wildman–Crippen LogP) is 4.81. The van der Waals surface area contributed by atoms with Gasteiger partial charge in [-0.1, -0.05) is 15.9 Å². The molecule has 2 aromatic carbocycles. The third kappa shape index (κ3) is 3.80. The Kier molecular flexibility index (Phi) is 5.14. The summed E-state index contributed by atoms with van der Waals surface area (Å²) in [5.41, 5.74) is 4.34. The van der Waals surface area contributed by atoms with Crippen LogP contribution in [0.5, 0.6) is 5.75 Å². The molecule has 2 aromatic rings. The first kappa shape index (κ1) is 15.0. The average Bonchev–Trinajstić information content (AvgIpc) is 2.40. The summed E-state index contributed by atoms with van der Waals surface area (Å²) in [5.74, 6) is 0.412. The van der Waals surface area contributed by atoms with Crippen LogP contribution in [-0.4, -0.2) is 13.3 Å². The first-order valence-corrected chi connectivity index (χ1v) is 7.26. The third-order valence-corrected chi connectivity index (χ3v) is 3.53. The molecule has 0 saturated heterocycles. The summed E-state index contributed by atoms with van der Waals surface area (Å²) in [6.45, 7) is 0. The number of hydrazone groups is 1. The molecule has 0 atom stereocenters. The first-order valence-electron chi connectivity index (χ1n) is 5.68. The smallest absolute Gasteiger partial charge is 0.141 e. The number of nitrogens with one attached hydrogen (secondary N) is 1. The molecular formula is C14H11Br2FN2O. The van der Waals surface area contributed by atoms with E-state index in [0.29, 0.717) is 11.4 Å². The fourth-order valence-electron chi connectivity index (χ4n) is 1.59. The molecule has 2 rings (SSSR count). The molecule has 0 aliphatic heterocycles. The minimum absolute atomic E-state index is 0.280. The Morgan fingerprint density at radius 3 is 2.55 bits per heavy atom. The molecule has 0 aliphatic carbocycles. The van der Waals surface area contributed by atoms with Gasteiger partial charge in [-0.2, -0.15) is 5.10 Å². The second-order valence-electron chi connectivity index (χ2n) is 3.89. The van der Waals surface area contributed by atoms with E-state index in [9.17, 15) is 4.39 Å². The maximum atomic E-state index is 12.8. The third-order valence-electron chi connectivity index (χ3n) is 2.48. The van der Waals surface area contributed by atoms with Crippen molar-refractivity contribution in [1.29, 1.82) is 0 Å². The topological polar surface area (TPSA) is 33.6 Å². The van der Waals surface area contributed by atoms with Gasteiger partial charge >= 0.3 is 0 Å². The molecule has 20 heavy (non-hydrogen) atoms. The standard InChI is InChI=1S/C14H11Br2FN2O/c1-20-14-9(6-10(15)7-13(14)16)8-18-19-12-4-2-11(17)3-5-12/h2-8,19H,1H3/b18-8+. The second-order valence-corrected chi connectivity index (χ2v) is 5.66. The lowest BCUT2D eigenvalue weighted by molar-refractivity contribution is 0.411. The Morgan fingerprint density at radius 1 is 1.20 bits per heavy atom. The van der Waals surface area contributed by atoms with Crippen LogP contribution >= 0.6 is 31.9 Å². The molecule has 0 fully saturated rings. The van der Waals surface area contributed by atoms with Crippen molar-refractivity contribution in [2.75, 3.05) is 12.5 Å². The fraction of sp³-hybridized carbons (Fsp3) is 0.0714. The van der Waals surface area contributed by atoms with Gasteiger partial charge in [0, 0.05) is 10.0 Å². The summed E-state index contributed by atoms with van der Waals surface area (Å²) >= 11 is 6.84. The number of rotatable bonds is 4. The van der Waals surface area contributed by atoms with Crippen LogP contribution in [0.3, 0.4) is 0 Å². The summed E-state index contributed by atoms with van der Waals surface area (Å²) in [5, 5.41) is 4.11. The predicted molar refractivity (Wildman–Crippen MR) is 86.0 cm³/mol. The molecule has 104 valence electrons. The summed E-state index contributed by atoms with van der Waals surface area (Å²) in [7, 11) is 1.60. The van der Waals surface area contributed by atoms with Crippen molar-refractivity contribution in [3.63, 3.8) is 0 Å². The molecule has 3 nitrogen and oxygen atoms in total. The van der Waals surface area contributed by atoms with Crippen molar-refractivity contribution in [2.45, 2.75) is 0 Å². The molecule has 0 radical (unpaired) electrons. The second kappa shape index (κ2) is 6.85. The van der Waals surface area contributed by atoms with Gasteiger partial charge in [0.05, 0.1) is 23.5 Å². The zero-order valence-electron chi connectivity index (χ0n) is 10.5. The van der Waals surface area contributed by atoms with Crippen molar-refractivity contribution < 1.29 is 9.13 Å². The van der Waals surface area contributed by atoms with E-state index in [0.717, 1.165) is 14.5 Å². The number of ether oxygens (including phenoxy) is 1. The summed E-state index contributed by atoms with van der Waals surface area (Å²) < 4.78 is 19.8. The Morgan fingerprint density at radius 2 is 1.90 bits per heavy atom. The van der Waals surface area contributed by atoms with Crippen molar-refractivity contribution >= 4 is 43.8 Å². The van der Waals surface area contributed by atoms with Gasteiger partial charge in [0.1, 0.15) is 11.6 Å². The van der Waals surface area contributed by atoms with Crippen LogP contribution in [-0.2, 0) is 0 Å². The number of methoxy groups -OCH3 is 1. The summed E-state index contributed by atoms with van der Waals surface area (Å²) in [6.07, 6.45) is 1.64. The number of anilines is 1.